The molecule has 2 rings (SSSR count). The Morgan fingerprint density at radius 3 is 1.80 bits per heavy atom. The summed E-state index contributed by atoms with van der Waals surface area (Å²) in [5.74, 6) is -0.422. The number of anilines is 1. The van der Waals surface area contributed by atoms with Crippen LogP contribution in [0.3, 0.4) is 0 Å². The molecule has 2 N–H and O–H groups in total. The van der Waals surface area contributed by atoms with Crippen LogP contribution in [0.25, 0.3) is 0 Å². The van der Waals surface area contributed by atoms with Crippen LogP contribution in [-0.2, 0) is 10.8 Å². The molecule has 0 saturated carbocycles. The van der Waals surface area contributed by atoms with Crippen molar-refractivity contribution in [3.05, 3.63) is 59.7 Å². The maximum Gasteiger partial charge on any atom is 0.255 e. The first-order chi connectivity index (χ1) is 11.7. The van der Waals surface area contributed by atoms with Gasteiger partial charge < -0.3 is 10.6 Å². The first-order valence-corrected chi connectivity index (χ1v) is 9.39. The minimum absolute atomic E-state index is 0.159. The third-order valence-corrected chi connectivity index (χ3v) is 4.28. The van der Waals surface area contributed by atoms with Crippen molar-refractivity contribution in [1.29, 1.82) is 0 Å². The zero-order chi connectivity index (χ0) is 18.6. The fourth-order valence-corrected chi connectivity index (χ4v) is 2.64. The van der Waals surface area contributed by atoms with Gasteiger partial charge in [-0.3, -0.25) is 13.8 Å². The monoisotopic (exact) mass is 358 g/mol. The summed E-state index contributed by atoms with van der Waals surface area (Å²) >= 11 is 0. The van der Waals surface area contributed by atoms with Crippen molar-refractivity contribution in [3.8, 4) is 0 Å². The first-order valence-electron chi connectivity index (χ1n) is 7.83. The maximum absolute atomic E-state index is 12.2. The molecule has 0 aliphatic heterocycles. The van der Waals surface area contributed by atoms with Gasteiger partial charge in [-0.1, -0.05) is 0 Å². The number of rotatable bonds is 4. The predicted octanol–water partition coefficient (Wildman–Crippen LogP) is 3.20. The highest BCUT2D eigenvalue weighted by Gasteiger charge is 2.15. The van der Waals surface area contributed by atoms with Crippen LogP contribution in [-0.4, -0.2) is 27.8 Å². The largest absolute Gasteiger partial charge is 0.347 e. The normalized spacial score (nSPS) is 12.3. The Labute approximate surface area is 150 Å². The number of benzene rings is 2. The van der Waals surface area contributed by atoms with Gasteiger partial charge in [0.1, 0.15) is 0 Å². The second kappa shape index (κ2) is 7.61. The topological polar surface area (TPSA) is 75.3 Å². The average molecular weight is 358 g/mol. The number of carbonyl (C=O) groups is 2. The Morgan fingerprint density at radius 2 is 1.32 bits per heavy atom. The second-order valence-electron chi connectivity index (χ2n) is 6.71. The van der Waals surface area contributed by atoms with Crippen LogP contribution in [0.5, 0.6) is 0 Å². The maximum atomic E-state index is 12.2. The predicted molar refractivity (Wildman–Crippen MR) is 100 cm³/mol. The summed E-state index contributed by atoms with van der Waals surface area (Å²) in [7, 11) is -1.07. The van der Waals surface area contributed by atoms with E-state index in [1.165, 1.54) is 0 Å². The third kappa shape index (κ3) is 5.53. The molecule has 2 aromatic carbocycles. The van der Waals surface area contributed by atoms with Gasteiger partial charge in [0, 0.05) is 44.3 Å². The molecule has 5 nitrogen and oxygen atoms in total. The smallest absolute Gasteiger partial charge is 0.255 e. The molecule has 0 heterocycles. The van der Waals surface area contributed by atoms with Crippen molar-refractivity contribution in [2.24, 2.45) is 0 Å². The molecular formula is C19H22N2O3S. The Morgan fingerprint density at radius 1 is 0.840 bits per heavy atom. The molecule has 1 unspecified atom stereocenters. The molecule has 0 aromatic heterocycles. The minimum Gasteiger partial charge on any atom is -0.347 e. The Bertz CT molecular complexity index is 791. The number of nitrogens with one attached hydrogen (secondary N) is 2. The van der Waals surface area contributed by atoms with E-state index in [2.05, 4.69) is 10.6 Å². The molecule has 0 aliphatic rings. The standard InChI is InChI=1S/C19H22N2O3S/c1-19(2,3)21-18(23)14-5-9-15(10-6-14)20-17(22)13-7-11-16(12-8-13)25(4)24/h5-12H,1-4H3,(H,20,22)(H,21,23). The molecule has 0 spiro atoms. The van der Waals surface area contributed by atoms with Gasteiger partial charge in [0.15, 0.2) is 0 Å². The van der Waals surface area contributed by atoms with Crippen LogP contribution in [0.4, 0.5) is 5.69 Å². The van der Waals surface area contributed by atoms with Crippen molar-refractivity contribution >= 4 is 28.3 Å². The number of hydrogen-bond donors (Lipinski definition) is 2. The van der Waals surface area contributed by atoms with Gasteiger partial charge in [-0.05, 0) is 69.3 Å². The van der Waals surface area contributed by atoms with E-state index in [0.29, 0.717) is 21.7 Å². The summed E-state index contributed by atoms with van der Waals surface area (Å²) in [6.07, 6.45) is 1.59. The van der Waals surface area contributed by atoms with E-state index in [0.717, 1.165) is 0 Å². The van der Waals surface area contributed by atoms with Crippen LogP contribution < -0.4 is 10.6 Å². The molecule has 0 radical (unpaired) electrons. The van der Waals surface area contributed by atoms with Crippen molar-refractivity contribution in [3.63, 3.8) is 0 Å². The molecule has 2 aromatic rings. The van der Waals surface area contributed by atoms with Crippen LogP contribution in [0.1, 0.15) is 41.5 Å². The first kappa shape index (κ1) is 18.9. The molecule has 0 aliphatic carbocycles. The van der Waals surface area contributed by atoms with Gasteiger partial charge in [0.05, 0.1) is 0 Å². The van der Waals surface area contributed by atoms with E-state index in [-0.39, 0.29) is 17.4 Å². The molecule has 6 heteroatoms. The lowest BCUT2D eigenvalue weighted by Crippen LogP contribution is -2.40. The van der Waals surface area contributed by atoms with E-state index in [9.17, 15) is 13.8 Å². The Kier molecular flexibility index (Phi) is 5.74. The van der Waals surface area contributed by atoms with E-state index in [1.54, 1.807) is 54.8 Å². The van der Waals surface area contributed by atoms with Crippen molar-refractivity contribution in [2.45, 2.75) is 31.2 Å². The van der Waals surface area contributed by atoms with Crippen molar-refractivity contribution in [1.82, 2.24) is 5.32 Å². The fraction of sp³-hybridized carbons (Fsp3) is 0.263. The number of amides is 2. The average Bonchev–Trinajstić information content (AvgIpc) is 2.54. The molecule has 0 fully saturated rings. The van der Waals surface area contributed by atoms with Crippen LogP contribution >= 0.6 is 0 Å². The Hall–Kier alpha value is -2.47. The van der Waals surface area contributed by atoms with Gasteiger partial charge in [-0.15, -0.1) is 0 Å². The minimum atomic E-state index is -1.07. The van der Waals surface area contributed by atoms with E-state index < -0.39 is 10.8 Å². The lowest BCUT2D eigenvalue weighted by molar-refractivity contribution is 0.0919. The van der Waals surface area contributed by atoms with Crippen LogP contribution in [0, 0.1) is 0 Å². The Balaban J connectivity index is 2.04. The van der Waals surface area contributed by atoms with Gasteiger partial charge in [0.25, 0.3) is 11.8 Å². The van der Waals surface area contributed by atoms with Gasteiger partial charge >= 0.3 is 0 Å². The SMILES string of the molecule is CS(=O)c1ccc(C(=O)Nc2ccc(C(=O)NC(C)(C)C)cc2)cc1. The van der Waals surface area contributed by atoms with E-state index >= 15 is 0 Å². The van der Waals surface area contributed by atoms with Crippen LogP contribution in [0.2, 0.25) is 0 Å². The van der Waals surface area contributed by atoms with E-state index in [4.69, 9.17) is 0 Å². The third-order valence-electron chi connectivity index (χ3n) is 3.34. The molecule has 0 bridgehead atoms. The summed E-state index contributed by atoms with van der Waals surface area (Å²) in [5, 5.41) is 5.66. The summed E-state index contributed by atoms with van der Waals surface area (Å²) in [5.41, 5.74) is 1.30. The summed E-state index contributed by atoms with van der Waals surface area (Å²) in [6.45, 7) is 5.75. The molecule has 25 heavy (non-hydrogen) atoms. The highest BCUT2D eigenvalue weighted by atomic mass is 32.2. The number of hydrogen-bond acceptors (Lipinski definition) is 3. The van der Waals surface area contributed by atoms with Gasteiger partial charge in [0.2, 0.25) is 0 Å². The second-order valence-corrected chi connectivity index (χ2v) is 8.09. The summed E-state index contributed by atoms with van der Waals surface area (Å²) in [4.78, 5) is 25.0. The molecule has 132 valence electrons. The molecule has 1 atom stereocenters. The fourth-order valence-electron chi connectivity index (χ4n) is 2.12. The zero-order valence-corrected chi connectivity index (χ0v) is 15.6. The van der Waals surface area contributed by atoms with Gasteiger partial charge in [-0.25, -0.2) is 0 Å². The van der Waals surface area contributed by atoms with Crippen LogP contribution in [0.15, 0.2) is 53.4 Å². The quantitative estimate of drug-likeness (QED) is 0.881. The lowest BCUT2D eigenvalue weighted by atomic mass is 10.1. The summed E-state index contributed by atoms with van der Waals surface area (Å²) < 4.78 is 11.4. The van der Waals surface area contributed by atoms with Gasteiger partial charge in [-0.2, -0.15) is 0 Å². The molecule has 0 saturated heterocycles. The molecule has 2 amide bonds. The van der Waals surface area contributed by atoms with Crippen molar-refractivity contribution < 1.29 is 13.8 Å². The van der Waals surface area contributed by atoms with Crippen molar-refractivity contribution in [2.75, 3.05) is 11.6 Å². The van der Waals surface area contributed by atoms with E-state index in [1.807, 2.05) is 20.8 Å². The highest BCUT2D eigenvalue weighted by molar-refractivity contribution is 7.84. The molecular weight excluding hydrogens is 336 g/mol. The highest BCUT2D eigenvalue weighted by Crippen LogP contribution is 2.14. The number of carbonyl (C=O) groups excluding carboxylic acids is 2. The lowest BCUT2D eigenvalue weighted by Gasteiger charge is -2.20. The summed E-state index contributed by atoms with van der Waals surface area (Å²) in [6, 6.07) is 13.3. The zero-order valence-electron chi connectivity index (χ0n) is 14.8.